The Morgan fingerprint density at radius 3 is 2.61 bits per heavy atom. The summed E-state index contributed by atoms with van der Waals surface area (Å²) < 4.78 is 1.14. The van der Waals surface area contributed by atoms with Crippen molar-refractivity contribution in [3.05, 3.63) is 78.4 Å². The van der Waals surface area contributed by atoms with Crippen molar-refractivity contribution < 1.29 is 9.59 Å². The van der Waals surface area contributed by atoms with Crippen LogP contribution in [0.15, 0.2) is 77.7 Å². The lowest BCUT2D eigenvalue weighted by atomic mass is 10.1. The van der Waals surface area contributed by atoms with E-state index in [1.807, 2.05) is 65.6 Å². The molecule has 3 aromatic carbocycles. The quantitative estimate of drug-likeness (QED) is 0.353. The van der Waals surface area contributed by atoms with Gasteiger partial charge in [0.25, 0.3) is 5.91 Å². The van der Waals surface area contributed by atoms with Crippen molar-refractivity contribution in [2.75, 3.05) is 24.2 Å². The second kappa shape index (κ2) is 9.77. The van der Waals surface area contributed by atoms with Crippen molar-refractivity contribution in [3.8, 4) is 10.6 Å². The molecular formula is C26H23N3O2S2. The Labute approximate surface area is 200 Å². The Kier molecular flexibility index (Phi) is 6.41. The molecule has 7 heteroatoms. The zero-order chi connectivity index (χ0) is 22.6. The lowest BCUT2D eigenvalue weighted by molar-refractivity contribution is -0.127. The van der Waals surface area contributed by atoms with Crippen LogP contribution in [0.5, 0.6) is 0 Å². The third-order valence-electron chi connectivity index (χ3n) is 5.60. The summed E-state index contributed by atoms with van der Waals surface area (Å²) in [5.74, 6) is 0.293. The molecular weight excluding hydrogens is 450 g/mol. The van der Waals surface area contributed by atoms with Gasteiger partial charge in [-0.3, -0.25) is 9.59 Å². The van der Waals surface area contributed by atoms with Crippen molar-refractivity contribution in [1.29, 1.82) is 0 Å². The Balaban J connectivity index is 1.31. The summed E-state index contributed by atoms with van der Waals surface area (Å²) in [6.45, 7) is 1.68. The number of nitrogens with zero attached hydrogens (tertiary/aromatic N) is 2. The Hall–Kier alpha value is -3.16. The van der Waals surface area contributed by atoms with Gasteiger partial charge in [-0.15, -0.1) is 23.1 Å². The monoisotopic (exact) mass is 473 g/mol. The number of benzene rings is 3. The number of likely N-dealkylation sites (tertiary alicyclic amines) is 1. The van der Waals surface area contributed by atoms with Gasteiger partial charge in [0, 0.05) is 29.2 Å². The number of carbonyl (C=O) groups excluding carboxylic acids is 2. The van der Waals surface area contributed by atoms with Crippen LogP contribution in [0.1, 0.15) is 23.2 Å². The van der Waals surface area contributed by atoms with Gasteiger partial charge in [-0.05, 0) is 49.2 Å². The molecule has 1 aliphatic heterocycles. The van der Waals surface area contributed by atoms with Gasteiger partial charge in [0.2, 0.25) is 5.91 Å². The number of thioether (sulfide) groups is 1. The van der Waals surface area contributed by atoms with E-state index in [1.165, 1.54) is 11.8 Å². The second-order valence-corrected chi connectivity index (χ2v) is 9.94. The topological polar surface area (TPSA) is 62.3 Å². The molecule has 1 aliphatic rings. The van der Waals surface area contributed by atoms with E-state index in [2.05, 4.69) is 11.4 Å². The zero-order valence-corrected chi connectivity index (χ0v) is 19.6. The number of carbonyl (C=O) groups is 2. The average molecular weight is 474 g/mol. The van der Waals surface area contributed by atoms with Crippen LogP contribution in [-0.2, 0) is 4.79 Å². The fourth-order valence-corrected chi connectivity index (χ4v) is 5.82. The summed E-state index contributed by atoms with van der Waals surface area (Å²) in [7, 11) is 0. The molecule has 2 amide bonds. The first-order chi connectivity index (χ1) is 16.2. The van der Waals surface area contributed by atoms with Gasteiger partial charge in [-0.2, -0.15) is 0 Å². The minimum Gasteiger partial charge on any atom is -0.342 e. The van der Waals surface area contributed by atoms with E-state index in [9.17, 15) is 9.59 Å². The Morgan fingerprint density at radius 1 is 0.970 bits per heavy atom. The summed E-state index contributed by atoms with van der Waals surface area (Å²) in [5, 5.41) is 3.93. The summed E-state index contributed by atoms with van der Waals surface area (Å²) in [6, 6.07) is 23.2. The first-order valence-corrected chi connectivity index (χ1v) is 12.7. The molecule has 5 rings (SSSR count). The van der Waals surface area contributed by atoms with Gasteiger partial charge >= 0.3 is 0 Å². The number of aromatic nitrogens is 1. The summed E-state index contributed by atoms with van der Waals surface area (Å²) >= 11 is 3.06. The highest BCUT2D eigenvalue weighted by Gasteiger charge is 2.19. The van der Waals surface area contributed by atoms with E-state index in [4.69, 9.17) is 4.98 Å². The summed E-state index contributed by atoms with van der Waals surface area (Å²) in [5.41, 5.74) is 3.22. The van der Waals surface area contributed by atoms with E-state index in [0.717, 1.165) is 51.6 Å². The van der Waals surface area contributed by atoms with E-state index < -0.39 is 0 Å². The molecule has 0 aliphatic carbocycles. The first kappa shape index (κ1) is 21.7. The van der Waals surface area contributed by atoms with Crippen LogP contribution in [-0.4, -0.2) is 40.5 Å². The highest BCUT2D eigenvalue weighted by atomic mass is 32.2. The van der Waals surface area contributed by atoms with Crippen LogP contribution in [0.3, 0.4) is 0 Å². The van der Waals surface area contributed by atoms with Crippen LogP contribution in [0, 0.1) is 0 Å². The van der Waals surface area contributed by atoms with Gasteiger partial charge < -0.3 is 10.2 Å². The first-order valence-electron chi connectivity index (χ1n) is 10.9. The lowest BCUT2D eigenvalue weighted by Gasteiger charge is -2.15. The van der Waals surface area contributed by atoms with Crippen molar-refractivity contribution in [2.24, 2.45) is 0 Å². The molecule has 1 N–H and O–H groups in total. The van der Waals surface area contributed by atoms with E-state index >= 15 is 0 Å². The van der Waals surface area contributed by atoms with Crippen LogP contribution in [0.4, 0.5) is 5.69 Å². The molecule has 4 aromatic rings. The number of hydrogen-bond donors (Lipinski definition) is 1. The van der Waals surface area contributed by atoms with E-state index in [0.29, 0.717) is 17.0 Å². The predicted octanol–water partition coefficient (Wildman–Crippen LogP) is 5.93. The van der Waals surface area contributed by atoms with Crippen LogP contribution < -0.4 is 5.32 Å². The molecule has 33 heavy (non-hydrogen) atoms. The number of para-hydroxylation sites is 1. The second-order valence-electron chi connectivity index (χ2n) is 7.89. The average Bonchev–Trinajstić information content (AvgIpc) is 3.53. The third-order valence-corrected chi connectivity index (χ3v) is 7.75. The molecule has 0 radical (unpaired) electrons. The molecule has 0 atom stereocenters. The third kappa shape index (κ3) is 4.94. The maximum Gasteiger partial charge on any atom is 0.256 e. The highest BCUT2D eigenvalue weighted by Crippen LogP contribution is 2.31. The van der Waals surface area contributed by atoms with Crippen LogP contribution >= 0.6 is 23.1 Å². The van der Waals surface area contributed by atoms with Crippen LogP contribution in [0.25, 0.3) is 20.8 Å². The number of anilines is 1. The largest absolute Gasteiger partial charge is 0.342 e. The maximum atomic E-state index is 13.1. The minimum absolute atomic E-state index is 0.135. The number of fused-ring (bicyclic) bond motifs is 1. The molecule has 2 heterocycles. The number of amides is 2. The number of rotatable bonds is 6. The smallest absolute Gasteiger partial charge is 0.256 e. The Bertz CT molecular complexity index is 1280. The predicted molar refractivity (Wildman–Crippen MR) is 136 cm³/mol. The van der Waals surface area contributed by atoms with Crippen molar-refractivity contribution in [3.63, 3.8) is 0 Å². The van der Waals surface area contributed by atoms with Crippen molar-refractivity contribution in [1.82, 2.24) is 9.88 Å². The normalized spacial score (nSPS) is 13.4. The fourth-order valence-electron chi connectivity index (χ4n) is 3.90. The zero-order valence-electron chi connectivity index (χ0n) is 18.0. The SMILES string of the molecule is O=C(Nc1cccc(-c2nc3ccccc3s2)c1)c1ccccc1SCC(=O)N1CCCC1. The molecule has 5 nitrogen and oxygen atoms in total. The molecule has 1 aromatic heterocycles. The van der Waals surface area contributed by atoms with Crippen LogP contribution in [0.2, 0.25) is 0 Å². The minimum atomic E-state index is -0.187. The van der Waals surface area contributed by atoms with Crippen molar-refractivity contribution >= 4 is 50.8 Å². The van der Waals surface area contributed by atoms with Crippen molar-refractivity contribution in [2.45, 2.75) is 17.7 Å². The van der Waals surface area contributed by atoms with Gasteiger partial charge in [0.05, 0.1) is 21.5 Å². The molecule has 0 bridgehead atoms. The summed E-state index contributed by atoms with van der Waals surface area (Å²) in [4.78, 5) is 33.0. The summed E-state index contributed by atoms with van der Waals surface area (Å²) in [6.07, 6.45) is 2.15. The molecule has 166 valence electrons. The lowest BCUT2D eigenvalue weighted by Crippen LogP contribution is -2.29. The highest BCUT2D eigenvalue weighted by molar-refractivity contribution is 8.00. The molecule has 1 saturated heterocycles. The maximum absolute atomic E-state index is 13.1. The van der Waals surface area contributed by atoms with E-state index in [1.54, 1.807) is 17.4 Å². The number of nitrogens with one attached hydrogen (secondary N) is 1. The van der Waals surface area contributed by atoms with E-state index in [-0.39, 0.29) is 11.8 Å². The number of hydrogen-bond acceptors (Lipinski definition) is 5. The number of thiazole rings is 1. The molecule has 0 saturated carbocycles. The van der Waals surface area contributed by atoms with Gasteiger partial charge in [0.1, 0.15) is 5.01 Å². The van der Waals surface area contributed by atoms with Gasteiger partial charge in [-0.1, -0.05) is 36.4 Å². The standard InChI is InChI=1S/C26H23N3O2S2/c30-24(29-14-5-6-15-29)17-32-22-12-3-1-10-20(22)25(31)27-19-9-7-8-18(16-19)26-28-21-11-2-4-13-23(21)33-26/h1-4,7-13,16H,5-6,14-15,17H2,(H,27,31). The fraction of sp³-hybridized carbons (Fsp3) is 0.192. The van der Waals surface area contributed by atoms with Gasteiger partial charge in [-0.25, -0.2) is 4.98 Å². The molecule has 0 spiro atoms. The Morgan fingerprint density at radius 2 is 1.76 bits per heavy atom. The molecule has 1 fully saturated rings. The van der Waals surface area contributed by atoms with Gasteiger partial charge in [0.15, 0.2) is 0 Å². The molecule has 0 unspecified atom stereocenters.